The van der Waals surface area contributed by atoms with Crippen molar-refractivity contribution in [2.24, 2.45) is 17.4 Å². The van der Waals surface area contributed by atoms with Gasteiger partial charge in [0.1, 0.15) is 6.04 Å². The highest BCUT2D eigenvalue weighted by Crippen LogP contribution is 2.11. The quantitative estimate of drug-likeness (QED) is 0.570. The predicted molar refractivity (Wildman–Crippen MR) is 65.4 cm³/mol. The van der Waals surface area contributed by atoms with Gasteiger partial charge in [0, 0.05) is 0 Å². The lowest BCUT2D eigenvalue weighted by atomic mass is 9.98. The minimum atomic E-state index is -1.28. The predicted octanol–water partition coefficient (Wildman–Crippen LogP) is -0.853. The first-order valence-corrected chi connectivity index (χ1v) is 5.82. The van der Waals surface area contributed by atoms with E-state index in [1.54, 1.807) is 6.92 Å². The van der Waals surface area contributed by atoms with E-state index in [-0.39, 0.29) is 5.92 Å². The van der Waals surface area contributed by atoms with Crippen LogP contribution < -0.4 is 11.5 Å². The van der Waals surface area contributed by atoms with E-state index in [1.807, 2.05) is 6.92 Å². The van der Waals surface area contributed by atoms with Crippen LogP contribution in [0.25, 0.3) is 0 Å². The Hall–Kier alpha value is -1.47. The average molecular weight is 259 g/mol. The van der Waals surface area contributed by atoms with Gasteiger partial charge < -0.3 is 16.6 Å². The molecule has 3 atom stereocenters. The molecule has 5 N–H and O–H groups in total. The molecule has 7 nitrogen and oxygen atoms in total. The van der Waals surface area contributed by atoms with Crippen molar-refractivity contribution in [2.75, 3.05) is 6.54 Å². The van der Waals surface area contributed by atoms with Crippen molar-refractivity contribution in [3.63, 3.8) is 0 Å². The molecule has 7 heteroatoms. The largest absolute Gasteiger partial charge is 0.480 e. The summed E-state index contributed by atoms with van der Waals surface area (Å²) in [5.74, 6) is -2.86. The number of carboxylic acids is 1. The first kappa shape index (κ1) is 16.5. The first-order valence-electron chi connectivity index (χ1n) is 5.82. The van der Waals surface area contributed by atoms with Gasteiger partial charge in [-0.25, -0.2) is 4.79 Å². The molecule has 3 unspecified atom stereocenters. The van der Waals surface area contributed by atoms with E-state index >= 15 is 0 Å². The minimum absolute atomic E-state index is 0.147. The van der Waals surface area contributed by atoms with Gasteiger partial charge >= 0.3 is 5.97 Å². The fraction of sp³-hybridized carbons (Fsp3) is 0.727. The summed E-state index contributed by atoms with van der Waals surface area (Å²) in [6.07, 6.45) is 0.652. The zero-order valence-corrected chi connectivity index (χ0v) is 10.9. The van der Waals surface area contributed by atoms with E-state index in [9.17, 15) is 14.4 Å². The molecule has 0 bridgehead atoms. The smallest absolute Gasteiger partial charge is 0.326 e. The molecule has 0 aliphatic rings. The van der Waals surface area contributed by atoms with Crippen LogP contribution in [0, 0.1) is 5.92 Å². The number of nitrogens with two attached hydrogens (primary N) is 2. The van der Waals surface area contributed by atoms with Crippen LogP contribution in [-0.4, -0.2) is 46.4 Å². The fourth-order valence-corrected chi connectivity index (χ4v) is 1.40. The summed E-state index contributed by atoms with van der Waals surface area (Å²) in [4.78, 5) is 35.2. The summed E-state index contributed by atoms with van der Waals surface area (Å²) >= 11 is 0. The number of hydrogen-bond donors (Lipinski definition) is 3. The molecule has 0 fully saturated rings. The van der Waals surface area contributed by atoms with Crippen LogP contribution in [0.1, 0.15) is 27.2 Å². The molecule has 0 heterocycles. The van der Waals surface area contributed by atoms with Crippen LogP contribution in [0.5, 0.6) is 0 Å². The maximum atomic E-state index is 12.1. The molecule has 0 aromatic heterocycles. The summed E-state index contributed by atoms with van der Waals surface area (Å²) in [5, 5.41) is 8.90. The number of carboxylic acid groups (broad SMARTS) is 1. The van der Waals surface area contributed by atoms with Crippen LogP contribution in [0.4, 0.5) is 0 Å². The van der Waals surface area contributed by atoms with Gasteiger partial charge in [-0.05, 0) is 12.8 Å². The molecule has 2 amide bonds. The molecule has 0 aliphatic heterocycles. The van der Waals surface area contributed by atoms with Crippen LogP contribution >= 0.6 is 0 Å². The highest BCUT2D eigenvalue weighted by Gasteiger charge is 2.34. The Morgan fingerprint density at radius 3 is 2.11 bits per heavy atom. The van der Waals surface area contributed by atoms with Crippen molar-refractivity contribution in [2.45, 2.75) is 39.3 Å². The van der Waals surface area contributed by atoms with Gasteiger partial charge in [0.2, 0.25) is 11.8 Å². The second-order valence-electron chi connectivity index (χ2n) is 4.23. The van der Waals surface area contributed by atoms with Crippen molar-refractivity contribution >= 4 is 17.8 Å². The van der Waals surface area contributed by atoms with Crippen LogP contribution in [0.2, 0.25) is 0 Å². The van der Waals surface area contributed by atoms with Crippen molar-refractivity contribution in [3.8, 4) is 0 Å². The Bertz CT molecular complexity index is 332. The lowest BCUT2D eigenvalue weighted by Crippen LogP contribution is -2.56. The Balaban J connectivity index is 5.15. The van der Waals surface area contributed by atoms with Crippen molar-refractivity contribution in [3.05, 3.63) is 0 Å². The molecule has 0 saturated heterocycles. The van der Waals surface area contributed by atoms with E-state index in [0.717, 1.165) is 0 Å². The molecule has 0 aromatic carbocycles. The lowest BCUT2D eigenvalue weighted by Gasteiger charge is -2.28. The number of imide groups is 1. The number of carbonyl (C=O) groups excluding carboxylic acids is 2. The molecule has 18 heavy (non-hydrogen) atoms. The molecule has 0 aliphatic carbocycles. The van der Waals surface area contributed by atoms with Gasteiger partial charge in [0.05, 0.1) is 12.6 Å². The van der Waals surface area contributed by atoms with Gasteiger partial charge in [-0.15, -0.1) is 0 Å². The molecule has 0 spiro atoms. The molecule has 0 radical (unpaired) electrons. The van der Waals surface area contributed by atoms with E-state index in [1.165, 1.54) is 6.92 Å². The molecule has 0 saturated carbocycles. The Morgan fingerprint density at radius 1 is 1.28 bits per heavy atom. The second kappa shape index (κ2) is 7.07. The molecule has 0 aromatic rings. The first-order chi connectivity index (χ1) is 8.27. The zero-order chi connectivity index (χ0) is 14.5. The molecule has 104 valence electrons. The minimum Gasteiger partial charge on any atom is -0.480 e. The topological polar surface area (TPSA) is 127 Å². The van der Waals surface area contributed by atoms with Crippen molar-refractivity contribution in [1.82, 2.24) is 4.90 Å². The highest BCUT2D eigenvalue weighted by atomic mass is 16.4. The van der Waals surface area contributed by atoms with Crippen LogP contribution in [-0.2, 0) is 14.4 Å². The number of nitrogens with zero attached hydrogens (tertiary/aromatic N) is 1. The third kappa shape index (κ3) is 3.78. The fourth-order valence-electron chi connectivity index (χ4n) is 1.40. The summed E-state index contributed by atoms with van der Waals surface area (Å²) < 4.78 is 0. The van der Waals surface area contributed by atoms with Gasteiger partial charge in [-0.2, -0.15) is 0 Å². The monoisotopic (exact) mass is 259 g/mol. The van der Waals surface area contributed by atoms with Gasteiger partial charge in [-0.3, -0.25) is 14.5 Å². The summed E-state index contributed by atoms with van der Waals surface area (Å²) in [7, 11) is 0. The molecule has 0 rings (SSSR count). The number of rotatable bonds is 6. The summed E-state index contributed by atoms with van der Waals surface area (Å²) in [6.45, 7) is 4.43. The molecular weight excluding hydrogens is 238 g/mol. The van der Waals surface area contributed by atoms with Crippen molar-refractivity contribution in [1.29, 1.82) is 0 Å². The zero-order valence-electron chi connectivity index (χ0n) is 10.9. The van der Waals surface area contributed by atoms with Crippen LogP contribution in [0.3, 0.4) is 0 Å². The Morgan fingerprint density at radius 2 is 1.78 bits per heavy atom. The normalized spacial score (nSPS) is 15.6. The van der Waals surface area contributed by atoms with E-state index in [2.05, 4.69) is 0 Å². The average Bonchev–Trinajstić information content (AvgIpc) is 2.36. The number of amides is 2. The second-order valence-corrected chi connectivity index (χ2v) is 4.23. The van der Waals surface area contributed by atoms with Gasteiger partial charge in [0.15, 0.2) is 0 Å². The maximum absolute atomic E-state index is 12.1. The van der Waals surface area contributed by atoms with E-state index in [0.29, 0.717) is 11.3 Å². The number of aliphatic carboxylic acids is 1. The maximum Gasteiger partial charge on any atom is 0.326 e. The summed E-state index contributed by atoms with van der Waals surface area (Å²) in [5.41, 5.74) is 10.9. The molecular formula is C11H21N3O4. The van der Waals surface area contributed by atoms with E-state index < -0.39 is 36.4 Å². The summed E-state index contributed by atoms with van der Waals surface area (Å²) in [6, 6.07) is -2.18. The van der Waals surface area contributed by atoms with Gasteiger partial charge in [-0.1, -0.05) is 20.3 Å². The lowest BCUT2D eigenvalue weighted by molar-refractivity contribution is -0.157. The number of carbonyl (C=O) groups is 3. The number of hydrogen-bond acceptors (Lipinski definition) is 5. The third-order valence-corrected chi connectivity index (χ3v) is 2.97. The highest BCUT2D eigenvalue weighted by molar-refractivity contribution is 6.01. The van der Waals surface area contributed by atoms with E-state index in [4.69, 9.17) is 16.6 Å². The van der Waals surface area contributed by atoms with Crippen molar-refractivity contribution < 1.29 is 19.5 Å². The van der Waals surface area contributed by atoms with Crippen LogP contribution in [0.15, 0.2) is 0 Å². The third-order valence-electron chi connectivity index (χ3n) is 2.97. The standard InChI is InChI=1S/C11H21N3O4/c1-4-6(2)9(13)10(16)14(8(15)5-12)7(3)11(17)18/h6-7,9H,4-5,12-13H2,1-3H3,(H,17,18). The van der Waals surface area contributed by atoms with Gasteiger partial charge in [0.25, 0.3) is 0 Å². The Kier molecular flexibility index (Phi) is 6.50. The Labute approximate surface area is 106 Å². The SMILES string of the molecule is CCC(C)C(N)C(=O)N(C(=O)CN)C(C)C(=O)O.